The monoisotopic (exact) mass is 399 g/mol. The molecule has 0 aliphatic carbocycles. The lowest BCUT2D eigenvalue weighted by Crippen LogP contribution is -2.29. The van der Waals surface area contributed by atoms with Gasteiger partial charge in [0.15, 0.2) is 5.58 Å². The van der Waals surface area contributed by atoms with E-state index in [1.165, 1.54) is 18.2 Å². The number of aromatic nitrogens is 1. The van der Waals surface area contributed by atoms with Crippen molar-refractivity contribution < 1.29 is 18.9 Å². The first-order valence-electron chi connectivity index (χ1n) is 9.07. The van der Waals surface area contributed by atoms with Crippen molar-refractivity contribution in [2.75, 3.05) is 4.90 Å². The SMILES string of the molecule is Cc1cccc(N2C(=O)c3ccc(-c4nc5cc([N+](=O)[O-])ccc5o4)cc3C2=O)c1. The maximum atomic E-state index is 13.0. The maximum absolute atomic E-state index is 13.0. The number of hydrogen-bond donors (Lipinski definition) is 0. The first kappa shape index (κ1) is 17.7. The lowest BCUT2D eigenvalue weighted by Gasteiger charge is -2.14. The number of nitro groups is 1. The largest absolute Gasteiger partial charge is 0.436 e. The molecule has 0 unspecified atom stereocenters. The van der Waals surface area contributed by atoms with E-state index < -0.39 is 10.8 Å². The Bertz CT molecular complexity index is 1390. The fraction of sp³-hybridized carbons (Fsp3) is 0.0455. The fourth-order valence-corrected chi connectivity index (χ4v) is 3.53. The van der Waals surface area contributed by atoms with Gasteiger partial charge in [-0.3, -0.25) is 19.7 Å². The molecule has 0 N–H and O–H groups in total. The predicted molar refractivity (Wildman–Crippen MR) is 108 cm³/mol. The number of nitro benzene ring substituents is 1. The van der Waals surface area contributed by atoms with Crippen LogP contribution in [0.2, 0.25) is 0 Å². The van der Waals surface area contributed by atoms with Gasteiger partial charge in [0, 0.05) is 17.7 Å². The van der Waals surface area contributed by atoms with Crippen LogP contribution >= 0.6 is 0 Å². The highest BCUT2D eigenvalue weighted by Crippen LogP contribution is 2.33. The number of carbonyl (C=O) groups is 2. The number of nitrogens with zero attached hydrogens (tertiary/aromatic N) is 3. The number of amides is 2. The van der Waals surface area contributed by atoms with Gasteiger partial charge in [-0.1, -0.05) is 12.1 Å². The molecule has 0 radical (unpaired) electrons. The van der Waals surface area contributed by atoms with Gasteiger partial charge in [0.1, 0.15) is 5.52 Å². The van der Waals surface area contributed by atoms with Gasteiger partial charge in [0.2, 0.25) is 5.89 Å². The third-order valence-corrected chi connectivity index (χ3v) is 4.98. The zero-order chi connectivity index (χ0) is 21.0. The zero-order valence-corrected chi connectivity index (χ0v) is 15.7. The van der Waals surface area contributed by atoms with Gasteiger partial charge in [-0.25, -0.2) is 9.88 Å². The van der Waals surface area contributed by atoms with Crippen LogP contribution in [0.5, 0.6) is 0 Å². The number of anilines is 1. The lowest BCUT2D eigenvalue weighted by atomic mass is 10.1. The van der Waals surface area contributed by atoms with Gasteiger partial charge in [-0.15, -0.1) is 0 Å². The summed E-state index contributed by atoms with van der Waals surface area (Å²) < 4.78 is 5.69. The smallest absolute Gasteiger partial charge is 0.271 e. The number of carbonyl (C=O) groups excluding carboxylic acids is 2. The summed E-state index contributed by atoms with van der Waals surface area (Å²) in [5, 5.41) is 11.0. The Morgan fingerprint density at radius 2 is 1.77 bits per heavy atom. The van der Waals surface area contributed by atoms with Gasteiger partial charge in [-0.05, 0) is 48.9 Å². The number of hydrogen-bond acceptors (Lipinski definition) is 6. The van der Waals surface area contributed by atoms with Crippen molar-refractivity contribution in [3.8, 4) is 11.5 Å². The number of oxazole rings is 1. The number of fused-ring (bicyclic) bond motifs is 2. The van der Waals surface area contributed by atoms with E-state index in [4.69, 9.17) is 4.42 Å². The molecule has 2 amide bonds. The van der Waals surface area contributed by atoms with Gasteiger partial charge >= 0.3 is 0 Å². The Labute approximate surface area is 169 Å². The van der Waals surface area contributed by atoms with Crippen LogP contribution in [0.3, 0.4) is 0 Å². The van der Waals surface area contributed by atoms with E-state index in [2.05, 4.69) is 4.98 Å². The van der Waals surface area contributed by atoms with Crippen LogP contribution in [0.1, 0.15) is 26.3 Å². The lowest BCUT2D eigenvalue weighted by molar-refractivity contribution is -0.384. The number of rotatable bonds is 3. The second-order valence-corrected chi connectivity index (χ2v) is 6.97. The highest BCUT2D eigenvalue weighted by molar-refractivity contribution is 6.34. The molecule has 2 heterocycles. The molecule has 5 rings (SSSR count). The number of aryl methyl sites for hydroxylation is 1. The third-order valence-electron chi connectivity index (χ3n) is 4.98. The summed E-state index contributed by atoms with van der Waals surface area (Å²) in [5.74, 6) is -0.600. The van der Waals surface area contributed by atoms with Crippen molar-refractivity contribution in [1.29, 1.82) is 0 Å². The molecule has 1 aliphatic rings. The Morgan fingerprint density at radius 1 is 0.967 bits per heavy atom. The molecule has 146 valence electrons. The van der Waals surface area contributed by atoms with Crippen molar-refractivity contribution in [2.45, 2.75) is 6.92 Å². The van der Waals surface area contributed by atoms with Crippen LogP contribution in [0.15, 0.2) is 65.1 Å². The van der Waals surface area contributed by atoms with E-state index in [1.807, 2.05) is 13.0 Å². The Hall–Kier alpha value is -4.33. The van der Waals surface area contributed by atoms with E-state index in [-0.39, 0.29) is 23.0 Å². The van der Waals surface area contributed by atoms with Gasteiger partial charge in [0.05, 0.1) is 21.7 Å². The highest BCUT2D eigenvalue weighted by atomic mass is 16.6. The molecule has 8 heteroatoms. The second-order valence-electron chi connectivity index (χ2n) is 6.97. The van der Waals surface area contributed by atoms with Crippen molar-refractivity contribution in [3.63, 3.8) is 0 Å². The average molecular weight is 399 g/mol. The Kier molecular flexibility index (Phi) is 3.75. The minimum Gasteiger partial charge on any atom is -0.436 e. The Morgan fingerprint density at radius 3 is 2.53 bits per heavy atom. The van der Waals surface area contributed by atoms with Crippen LogP contribution in [-0.4, -0.2) is 21.7 Å². The van der Waals surface area contributed by atoms with Crippen LogP contribution < -0.4 is 4.90 Å². The molecule has 3 aromatic carbocycles. The summed E-state index contributed by atoms with van der Waals surface area (Å²) in [6.07, 6.45) is 0. The fourth-order valence-electron chi connectivity index (χ4n) is 3.53. The van der Waals surface area contributed by atoms with Crippen molar-refractivity contribution in [1.82, 2.24) is 4.98 Å². The molecule has 0 atom stereocenters. The van der Waals surface area contributed by atoms with Crippen LogP contribution in [0.4, 0.5) is 11.4 Å². The summed E-state index contributed by atoms with van der Waals surface area (Å²) in [5.41, 5.74) is 3.14. The molecule has 0 fully saturated rings. The van der Waals surface area contributed by atoms with Gasteiger partial charge in [0.25, 0.3) is 17.5 Å². The van der Waals surface area contributed by atoms with Crippen LogP contribution in [0, 0.1) is 17.0 Å². The van der Waals surface area contributed by atoms with Crippen molar-refractivity contribution >= 4 is 34.3 Å². The molecule has 1 aliphatic heterocycles. The van der Waals surface area contributed by atoms with Crippen LogP contribution in [-0.2, 0) is 0 Å². The highest BCUT2D eigenvalue weighted by Gasteiger charge is 2.37. The quantitative estimate of drug-likeness (QED) is 0.285. The molecule has 4 aromatic rings. The normalized spacial score (nSPS) is 13.2. The summed E-state index contributed by atoms with van der Waals surface area (Å²) in [6.45, 7) is 1.89. The topological polar surface area (TPSA) is 107 Å². The summed E-state index contributed by atoms with van der Waals surface area (Å²) in [4.78, 5) is 41.7. The van der Waals surface area contributed by atoms with Crippen molar-refractivity contribution in [2.24, 2.45) is 0 Å². The van der Waals surface area contributed by atoms with E-state index in [0.29, 0.717) is 27.9 Å². The second kappa shape index (κ2) is 6.35. The molecule has 0 saturated carbocycles. The molecule has 8 nitrogen and oxygen atoms in total. The first-order chi connectivity index (χ1) is 14.4. The summed E-state index contributed by atoms with van der Waals surface area (Å²) >= 11 is 0. The Balaban J connectivity index is 1.56. The molecular formula is C22H13N3O5. The van der Waals surface area contributed by atoms with Gasteiger partial charge in [-0.2, -0.15) is 0 Å². The predicted octanol–water partition coefficient (Wildman–Crippen LogP) is 4.51. The van der Waals surface area contributed by atoms with E-state index in [0.717, 1.165) is 10.5 Å². The standard InChI is InChI=1S/C22H13N3O5/c1-12-3-2-4-14(9-12)24-21(26)16-7-5-13(10-17(16)22(24)27)20-23-18-11-15(25(28)29)6-8-19(18)30-20/h2-11H,1H3. The molecule has 0 saturated heterocycles. The molecular weight excluding hydrogens is 386 g/mol. The number of imide groups is 1. The molecule has 1 aromatic heterocycles. The minimum absolute atomic E-state index is 0.0918. The first-order valence-corrected chi connectivity index (χ1v) is 9.07. The number of benzene rings is 3. The average Bonchev–Trinajstić information content (AvgIpc) is 3.26. The van der Waals surface area contributed by atoms with E-state index in [1.54, 1.807) is 36.4 Å². The molecule has 0 bridgehead atoms. The molecule has 30 heavy (non-hydrogen) atoms. The molecule has 0 spiro atoms. The van der Waals surface area contributed by atoms with E-state index in [9.17, 15) is 19.7 Å². The number of non-ortho nitro benzene ring substituents is 1. The summed E-state index contributed by atoms with van der Waals surface area (Å²) in [7, 11) is 0. The zero-order valence-electron chi connectivity index (χ0n) is 15.7. The van der Waals surface area contributed by atoms with Crippen LogP contribution in [0.25, 0.3) is 22.6 Å². The van der Waals surface area contributed by atoms with Gasteiger partial charge < -0.3 is 4.42 Å². The minimum atomic E-state index is -0.507. The third kappa shape index (κ3) is 2.66. The summed E-state index contributed by atoms with van der Waals surface area (Å²) in [6, 6.07) is 16.1. The van der Waals surface area contributed by atoms with Crippen molar-refractivity contribution in [3.05, 3.63) is 87.5 Å². The maximum Gasteiger partial charge on any atom is 0.271 e. The van der Waals surface area contributed by atoms with E-state index >= 15 is 0 Å².